The van der Waals surface area contributed by atoms with E-state index in [1.54, 1.807) is 0 Å². The molecule has 0 amide bonds. The minimum atomic E-state index is 0.117. The van der Waals surface area contributed by atoms with Gasteiger partial charge in [0.25, 0.3) is 0 Å². The van der Waals surface area contributed by atoms with Gasteiger partial charge in [0.15, 0.2) is 0 Å². The molecule has 0 saturated heterocycles. The van der Waals surface area contributed by atoms with Gasteiger partial charge >= 0.3 is 0 Å². The van der Waals surface area contributed by atoms with Crippen molar-refractivity contribution in [1.29, 1.82) is 0 Å². The highest BCUT2D eigenvalue weighted by Gasteiger charge is 2.18. The van der Waals surface area contributed by atoms with Gasteiger partial charge in [0, 0.05) is 13.0 Å². The van der Waals surface area contributed by atoms with E-state index in [1.807, 2.05) is 13.0 Å². The summed E-state index contributed by atoms with van der Waals surface area (Å²) in [4.78, 5) is 6.82. The lowest BCUT2D eigenvalue weighted by molar-refractivity contribution is 0.358. The second-order valence-corrected chi connectivity index (χ2v) is 5.89. The molecule has 0 aromatic heterocycles. The van der Waals surface area contributed by atoms with E-state index in [2.05, 4.69) is 16.5 Å². The molecule has 0 radical (unpaired) electrons. The van der Waals surface area contributed by atoms with Crippen LogP contribution < -0.4 is 5.73 Å². The van der Waals surface area contributed by atoms with Crippen LogP contribution in [0.2, 0.25) is 0 Å². The highest BCUT2D eigenvalue weighted by Crippen LogP contribution is 2.14. The minimum Gasteiger partial charge on any atom is -0.343 e. The fourth-order valence-corrected chi connectivity index (χ4v) is 2.80. The van der Waals surface area contributed by atoms with Gasteiger partial charge in [-0.25, -0.2) is 0 Å². The number of amidine groups is 1. The van der Waals surface area contributed by atoms with E-state index in [1.165, 1.54) is 63.6 Å². The molecule has 0 spiro atoms. The van der Waals surface area contributed by atoms with Crippen molar-refractivity contribution < 1.29 is 0 Å². The highest BCUT2D eigenvalue weighted by molar-refractivity contribution is 5.83. The van der Waals surface area contributed by atoms with Crippen molar-refractivity contribution in [2.75, 3.05) is 13.1 Å². The normalized spacial score (nSPS) is 16.3. The maximum absolute atomic E-state index is 5.95. The number of rotatable bonds is 12. The molecule has 2 N–H and O–H groups in total. The first-order valence-electron chi connectivity index (χ1n) is 8.42. The number of allylic oxidation sites excluding steroid dienone is 1. The smallest absolute Gasteiger partial charge is 0.100 e. The quantitative estimate of drug-likeness (QED) is 0.432. The van der Waals surface area contributed by atoms with Gasteiger partial charge in [-0.15, -0.1) is 6.58 Å². The third-order valence-corrected chi connectivity index (χ3v) is 4.02. The van der Waals surface area contributed by atoms with Crippen molar-refractivity contribution in [2.24, 2.45) is 10.7 Å². The number of hydrogen-bond acceptors (Lipinski definition) is 3. The monoisotopic (exact) mass is 279 g/mol. The van der Waals surface area contributed by atoms with Crippen LogP contribution in [-0.4, -0.2) is 30.0 Å². The van der Waals surface area contributed by atoms with E-state index in [0.717, 1.165) is 19.5 Å². The average Bonchev–Trinajstić information content (AvgIpc) is 2.89. The second-order valence-electron chi connectivity index (χ2n) is 5.89. The summed E-state index contributed by atoms with van der Waals surface area (Å²) in [6.07, 6.45) is 15.2. The summed E-state index contributed by atoms with van der Waals surface area (Å²) in [5.74, 6) is 1.24. The van der Waals surface area contributed by atoms with Gasteiger partial charge in [-0.05, 0) is 26.2 Å². The summed E-state index contributed by atoms with van der Waals surface area (Å²) in [6.45, 7) is 7.75. The molecule has 0 saturated carbocycles. The van der Waals surface area contributed by atoms with Crippen LogP contribution in [0.1, 0.15) is 71.1 Å². The molecule has 20 heavy (non-hydrogen) atoms. The molecule has 1 unspecified atom stereocenters. The van der Waals surface area contributed by atoms with Crippen LogP contribution in [0.4, 0.5) is 0 Å². The van der Waals surface area contributed by atoms with Gasteiger partial charge < -0.3 is 10.6 Å². The van der Waals surface area contributed by atoms with Crippen LogP contribution in [0.3, 0.4) is 0 Å². The van der Waals surface area contributed by atoms with Gasteiger partial charge in [-0.2, -0.15) is 0 Å². The molecule has 0 fully saturated rings. The Hall–Kier alpha value is -0.830. The van der Waals surface area contributed by atoms with Gasteiger partial charge in [-0.3, -0.25) is 4.99 Å². The molecular weight excluding hydrogens is 246 g/mol. The van der Waals surface area contributed by atoms with Gasteiger partial charge in [0.2, 0.25) is 0 Å². The maximum Gasteiger partial charge on any atom is 0.100 e. The zero-order valence-corrected chi connectivity index (χ0v) is 13.3. The zero-order chi connectivity index (χ0) is 14.6. The number of aliphatic imine (C=N–C) groups is 1. The van der Waals surface area contributed by atoms with Crippen LogP contribution in [0.25, 0.3) is 0 Å². The van der Waals surface area contributed by atoms with Crippen LogP contribution in [-0.2, 0) is 0 Å². The third kappa shape index (κ3) is 7.09. The number of unbranched alkanes of at least 4 members (excludes halogenated alkanes) is 8. The van der Waals surface area contributed by atoms with Gasteiger partial charge in [-0.1, -0.05) is 44.6 Å². The fourth-order valence-electron chi connectivity index (χ4n) is 2.80. The third-order valence-electron chi connectivity index (χ3n) is 4.02. The Morgan fingerprint density at radius 1 is 1.15 bits per heavy atom. The zero-order valence-electron chi connectivity index (χ0n) is 13.3. The Morgan fingerprint density at radius 2 is 1.75 bits per heavy atom. The van der Waals surface area contributed by atoms with Gasteiger partial charge in [0.1, 0.15) is 5.84 Å². The molecule has 1 aliphatic rings. The summed E-state index contributed by atoms with van der Waals surface area (Å²) in [5.41, 5.74) is 5.95. The van der Waals surface area contributed by atoms with Crippen molar-refractivity contribution in [3.05, 3.63) is 12.7 Å². The lowest BCUT2D eigenvalue weighted by Crippen LogP contribution is -2.41. The largest absolute Gasteiger partial charge is 0.343 e. The van der Waals surface area contributed by atoms with E-state index in [0.29, 0.717) is 0 Å². The maximum atomic E-state index is 5.95. The molecule has 1 atom stereocenters. The first-order chi connectivity index (χ1) is 9.75. The number of nitrogens with zero attached hydrogens (tertiary/aromatic N) is 2. The van der Waals surface area contributed by atoms with Crippen molar-refractivity contribution in [3.63, 3.8) is 0 Å². The lowest BCUT2D eigenvalue weighted by Gasteiger charge is -2.24. The van der Waals surface area contributed by atoms with Crippen LogP contribution in [0, 0.1) is 0 Å². The Balaban J connectivity index is 1.91. The molecule has 0 bridgehead atoms. The van der Waals surface area contributed by atoms with Crippen molar-refractivity contribution >= 4 is 5.84 Å². The van der Waals surface area contributed by atoms with Gasteiger partial charge in [0.05, 0.1) is 12.7 Å². The molecule has 3 nitrogen and oxygen atoms in total. The number of hydrogen-bond donors (Lipinski definition) is 1. The van der Waals surface area contributed by atoms with Crippen LogP contribution in [0.5, 0.6) is 0 Å². The SMILES string of the molecule is C=CCCCCCCCCCCC1=NCCN1C(C)N. The summed E-state index contributed by atoms with van der Waals surface area (Å²) in [5, 5.41) is 0. The van der Waals surface area contributed by atoms with E-state index in [9.17, 15) is 0 Å². The molecule has 1 aliphatic heterocycles. The second kappa shape index (κ2) is 10.9. The Morgan fingerprint density at radius 3 is 2.35 bits per heavy atom. The van der Waals surface area contributed by atoms with E-state index >= 15 is 0 Å². The van der Waals surface area contributed by atoms with Crippen molar-refractivity contribution in [2.45, 2.75) is 77.3 Å². The first kappa shape index (κ1) is 17.2. The molecule has 0 aromatic carbocycles. The Kier molecular flexibility index (Phi) is 9.38. The first-order valence-corrected chi connectivity index (χ1v) is 8.42. The predicted octanol–water partition coefficient (Wildman–Crippen LogP) is 4.09. The molecule has 0 aromatic rings. The van der Waals surface area contributed by atoms with Crippen molar-refractivity contribution in [3.8, 4) is 0 Å². The summed E-state index contributed by atoms with van der Waals surface area (Å²) in [6, 6.07) is 0. The highest BCUT2D eigenvalue weighted by atomic mass is 15.3. The minimum absolute atomic E-state index is 0.117. The standard InChI is InChI=1S/C17H33N3/c1-3-4-5-6-7-8-9-10-11-12-13-17-19-14-15-20(17)16(2)18/h3,16H,1,4-15,18H2,2H3. The Labute approximate surface area is 125 Å². The fraction of sp³-hybridized carbons (Fsp3) is 0.824. The summed E-state index contributed by atoms with van der Waals surface area (Å²) in [7, 11) is 0. The van der Waals surface area contributed by atoms with Crippen LogP contribution >= 0.6 is 0 Å². The molecule has 1 heterocycles. The molecule has 116 valence electrons. The predicted molar refractivity (Wildman–Crippen MR) is 89.0 cm³/mol. The topological polar surface area (TPSA) is 41.6 Å². The average molecular weight is 279 g/mol. The van der Waals surface area contributed by atoms with E-state index in [-0.39, 0.29) is 6.17 Å². The molecule has 1 rings (SSSR count). The molecule has 3 heteroatoms. The van der Waals surface area contributed by atoms with E-state index in [4.69, 9.17) is 5.73 Å². The number of nitrogens with two attached hydrogens (primary N) is 1. The summed E-state index contributed by atoms with van der Waals surface area (Å²) < 4.78 is 0. The van der Waals surface area contributed by atoms with Crippen LogP contribution in [0.15, 0.2) is 17.6 Å². The Bertz CT molecular complexity index is 284. The van der Waals surface area contributed by atoms with Crippen molar-refractivity contribution in [1.82, 2.24) is 4.90 Å². The molecular formula is C17H33N3. The van der Waals surface area contributed by atoms with E-state index < -0.39 is 0 Å². The molecule has 0 aliphatic carbocycles. The lowest BCUT2D eigenvalue weighted by atomic mass is 10.1. The summed E-state index contributed by atoms with van der Waals surface area (Å²) >= 11 is 0.